The standard InChI is InChI=1S/C19H29N3O6S/c1-4-5-9-20-18(23)19(24)21-13-17-22(10-6-11-28-17)29(25,26)15-7-8-16(27-3)14(2)12-15/h7-8,12,17H,4-6,9-11,13H2,1-3H3,(H,20,23)(H,21,24)/t17-/m1/s1. The maximum atomic E-state index is 13.1. The highest BCUT2D eigenvalue weighted by Gasteiger charge is 2.35. The van der Waals surface area contributed by atoms with Crippen LogP contribution in [-0.4, -0.2) is 64.1 Å². The van der Waals surface area contributed by atoms with Crippen LogP contribution < -0.4 is 15.4 Å². The number of ether oxygens (including phenoxy) is 2. The van der Waals surface area contributed by atoms with E-state index in [0.717, 1.165) is 12.8 Å². The third-order valence-electron chi connectivity index (χ3n) is 4.59. The van der Waals surface area contributed by atoms with Gasteiger partial charge < -0.3 is 20.1 Å². The smallest absolute Gasteiger partial charge is 0.309 e. The highest BCUT2D eigenvalue weighted by molar-refractivity contribution is 7.89. The normalized spacial score (nSPS) is 17.6. The van der Waals surface area contributed by atoms with E-state index in [-0.39, 0.29) is 18.0 Å². The number of carbonyl (C=O) groups is 2. The lowest BCUT2D eigenvalue weighted by molar-refractivity contribution is -0.140. The van der Waals surface area contributed by atoms with Crippen LogP contribution in [-0.2, 0) is 24.3 Å². The van der Waals surface area contributed by atoms with Crippen LogP contribution in [0, 0.1) is 6.92 Å². The topological polar surface area (TPSA) is 114 Å². The van der Waals surface area contributed by atoms with Crippen molar-refractivity contribution in [1.29, 1.82) is 0 Å². The lowest BCUT2D eigenvalue weighted by Crippen LogP contribution is -2.53. The summed E-state index contributed by atoms with van der Waals surface area (Å²) in [6.07, 6.45) is 1.33. The van der Waals surface area contributed by atoms with Crippen LogP contribution in [0.15, 0.2) is 23.1 Å². The number of benzene rings is 1. The summed E-state index contributed by atoms with van der Waals surface area (Å²) in [6, 6.07) is 4.62. The van der Waals surface area contributed by atoms with E-state index in [9.17, 15) is 18.0 Å². The second-order valence-electron chi connectivity index (χ2n) is 6.75. The molecule has 1 saturated heterocycles. The van der Waals surface area contributed by atoms with Crippen LogP contribution in [0.2, 0.25) is 0 Å². The molecule has 1 aromatic rings. The molecule has 0 spiro atoms. The second-order valence-corrected chi connectivity index (χ2v) is 8.64. The molecule has 0 unspecified atom stereocenters. The Kier molecular flexibility index (Phi) is 8.42. The predicted octanol–water partition coefficient (Wildman–Crippen LogP) is 0.773. The Morgan fingerprint density at radius 1 is 1.28 bits per heavy atom. The number of sulfonamides is 1. The third kappa shape index (κ3) is 5.91. The van der Waals surface area contributed by atoms with E-state index in [1.54, 1.807) is 19.1 Å². The van der Waals surface area contributed by atoms with Gasteiger partial charge in [-0.3, -0.25) is 9.59 Å². The average molecular weight is 428 g/mol. The van der Waals surface area contributed by atoms with E-state index in [4.69, 9.17) is 9.47 Å². The van der Waals surface area contributed by atoms with Gasteiger partial charge in [0.25, 0.3) is 0 Å². The molecular weight excluding hydrogens is 398 g/mol. The summed E-state index contributed by atoms with van der Waals surface area (Å²) < 4.78 is 38.2. The molecule has 2 amide bonds. The zero-order chi connectivity index (χ0) is 21.4. The summed E-state index contributed by atoms with van der Waals surface area (Å²) >= 11 is 0. The van der Waals surface area contributed by atoms with Crippen LogP contribution >= 0.6 is 0 Å². The molecule has 1 aromatic carbocycles. The third-order valence-corrected chi connectivity index (χ3v) is 6.47. The first-order chi connectivity index (χ1) is 13.8. The van der Waals surface area contributed by atoms with Crippen molar-refractivity contribution >= 4 is 21.8 Å². The molecule has 9 nitrogen and oxygen atoms in total. The summed E-state index contributed by atoms with van der Waals surface area (Å²) in [6.45, 7) is 4.67. The van der Waals surface area contributed by atoms with E-state index < -0.39 is 28.1 Å². The number of hydrogen-bond donors (Lipinski definition) is 2. The van der Waals surface area contributed by atoms with Gasteiger partial charge in [0.1, 0.15) is 12.0 Å². The van der Waals surface area contributed by atoms with E-state index in [0.29, 0.717) is 30.9 Å². The molecular formula is C19H29N3O6S. The van der Waals surface area contributed by atoms with Crippen molar-refractivity contribution in [3.05, 3.63) is 23.8 Å². The van der Waals surface area contributed by atoms with Gasteiger partial charge in [-0.25, -0.2) is 8.42 Å². The fourth-order valence-corrected chi connectivity index (χ4v) is 4.62. The van der Waals surface area contributed by atoms with Crippen molar-refractivity contribution in [3.8, 4) is 5.75 Å². The molecule has 1 heterocycles. The van der Waals surface area contributed by atoms with Gasteiger partial charge >= 0.3 is 11.8 Å². The van der Waals surface area contributed by atoms with Gasteiger partial charge in [0, 0.05) is 13.1 Å². The monoisotopic (exact) mass is 427 g/mol. The highest BCUT2D eigenvalue weighted by Crippen LogP contribution is 2.26. The van der Waals surface area contributed by atoms with Crippen molar-refractivity contribution in [2.24, 2.45) is 0 Å². The van der Waals surface area contributed by atoms with Crippen LogP contribution in [0.4, 0.5) is 0 Å². The van der Waals surface area contributed by atoms with Crippen molar-refractivity contribution < 1.29 is 27.5 Å². The Hall–Kier alpha value is -2.17. The largest absolute Gasteiger partial charge is 0.496 e. The molecule has 2 N–H and O–H groups in total. The second kappa shape index (κ2) is 10.6. The molecule has 0 bridgehead atoms. The minimum Gasteiger partial charge on any atom is -0.496 e. The van der Waals surface area contributed by atoms with Gasteiger partial charge in [-0.1, -0.05) is 13.3 Å². The van der Waals surface area contributed by atoms with Crippen LogP contribution in [0.25, 0.3) is 0 Å². The molecule has 29 heavy (non-hydrogen) atoms. The molecule has 0 saturated carbocycles. The number of carbonyl (C=O) groups excluding carboxylic acids is 2. The summed E-state index contributed by atoms with van der Waals surface area (Å²) in [5.41, 5.74) is 0.695. The zero-order valence-corrected chi connectivity index (χ0v) is 17.9. The lowest BCUT2D eigenvalue weighted by Gasteiger charge is -2.34. The molecule has 1 fully saturated rings. The number of hydrogen-bond acceptors (Lipinski definition) is 6. The molecule has 2 rings (SSSR count). The minimum absolute atomic E-state index is 0.117. The van der Waals surface area contributed by atoms with Crippen LogP contribution in [0.1, 0.15) is 31.7 Å². The van der Waals surface area contributed by atoms with Gasteiger partial charge in [0.15, 0.2) is 0 Å². The Balaban J connectivity index is 2.07. The highest BCUT2D eigenvalue weighted by atomic mass is 32.2. The number of rotatable bonds is 8. The van der Waals surface area contributed by atoms with Gasteiger partial charge in [0.2, 0.25) is 10.0 Å². The van der Waals surface area contributed by atoms with Gasteiger partial charge in [-0.05, 0) is 43.5 Å². The van der Waals surface area contributed by atoms with Crippen molar-refractivity contribution in [2.45, 2.75) is 44.2 Å². The van der Waals surface area contributed by atoms with E-state index >= 15 is 0 Å². The number of nitrogens with one attached hydrogen (secondary N) is 2. The fraction of sp³-hybridized carbons (Fsp3) is 0.579. The molecule has 1 atom stereocenters. The maximum absolute atomic E-state index is 13.1. The number of amides is 2. The van der Waals surface area contributed by atoms with Gasteiger partial charge in [-0.2, -0.15) is 4.31 Å². The molecule has 0 aromatic heterocycles. The van der Waals surface area contributed by atoms with E-state index in [2.05, 4.69) is 10.6 Å². The van der Waals surface area contributed by atoms with E-state index in [1.165, 1.54) is 17.5 Å². The minimum atomic E-state index is -3.84. The maximum Gasteiger partial charge on any atom is 0.309 e. The Bertz CT molecular complexity index is 827. The van der Waals surface area contributed by atoms with Gasteiger partial charge in [-0.15, -0.1) is 0 Å². The molecule has 1 aliphatic rings. The van der Waals surface area contributed by atoms with Crippen molar-refractivity contribution in [2.75, 3.05) is 33.4 Å². The van der Waals surface area contributed by atoms with Crippen LogP contribution in [0.5, 0.6) is 5.75 Å². The van der Waals surface area contributed by atoms with Crippen molar-refractivity contribution in [3.63, 3.8) is 0 Å². The van der Waals surface area contributed by atoms with Crippen molar-refractivity contribution in [1.82, 2.24) is 14.9 Å². The number of unbranched alkanes of at least 4 members (excludes halogenated alkanes) is 1. The average Bonchev–Trinajstić information content (AvgIpc) is 2.72. The number of nitrogens with zero attached hydrogens (tertiary/aromatic N) is 1. The lowest BCUT2D eigenvalue weighted by atomic mass is 10.2. The molecule has 0 aliphatic carbocycles. The molecule has 0 radical (unpaired) electrons. The summed E-state index contributed by atoms with van der Waals surface area (Å²) in [7, 11) is -2.32. The van der Waals surface area contributed by atoms with Gasteiger partial charge in [0.05, 0.1) is 25.2 Å². The molecule has 162 valence electrons. The molecule has 1 aliphatic heterocycles. The molecule has 10 heteroatoms. The van der Waals surface area contributed by atoms with E-state index in [1.807, 2.05) is 6.92 Å². The van der Waals surface area contributed by atoms with Crippen LogP contribution in [0.3, 0.4) is 0 Å². The first-order valence-corrected chi connectivity index (χ1v) is 11.1. The Morgan fingerprint density at radius 3 is 2.66 bits per heavy atom. The first-order valence-electron chi connectivity index (χ1n) is 9.65. The Labute approximate surface area is 171 Å². The number of methoxy groups -OCH3 is 1. The zero-order valence-electron chi connectivity index (χ0n) is 17.1. The first kappa shape index (κ1) is 23.1. The quantitative estimate of drug-likeness (QED) is 0.468. The fourth-order valence-electron chi connectivity index (χ4n) is 2.97. The SMILES string of the molecule is CCCCNC(=O)C(=O)NC[C@H]1OCCCN1S(=O)(=O)c1ccc(OC)c(C)c1. The summed E-state index contributed by atoms with van der Waals surface area (Å²) in [5.74, 6) is -0.959. The Morgan fingerprint density at radius 2 is 2.00 bits per heavy atom. The summed E-state index contributed by atoms with van der Waals surface area (Å²) in [4.78, 5) is 23.9. The summed E-state index contributed by atoms with van der Waals surface area (Å²) in [5, 5.41) is 4.98. The number of aryl methyl sites for hydroxylation is 1. The predicted molar refractivity (Wildman–Crippen MR) is 107 cm³/mol.